The van der Waals surface area contributed by atoms with E-state index in [2.05, 4.69) is 62.5 Å². The van der Waals surface area contributed by atoms with Gasteiger partial charge in [0.2, 0.25) is 0 Å². The zero-order chi connectivity index (χ0) is 17.3. The Morgan fingerprint density at radius 2 is 1.83 bits per heavy atom. The highest BCUT2D eigenvalue weighted by atomic mass is 16.5. The van der Waals surface area contributed by atoms with Crippen LogP contribution in [0.1, 0.15) is 26.3 Å². The van der Waals surface area contributed by atoms with Gasteiger partial charge in [0.25, 0.3) is 0 Å². The summed E-state index contributed by atoms with van der Waals surface area (Å²) in [6, 6.07) is 8.18. The molecule has 0 aliphatic rings. The molecule has 0 heterocycles. The Hall–Kier alpha value is -1.75. The van der Waals surface area contributed by atoms with Crippen molar-refractivity contribution in [1.29, 1.82) is 0 Å². The van der Waals surface area contributed by atoms with Crippen LogP contribution in [0.15, 0.2) is 29.3 Å². The van der Waals surface area contributed by atoms with Gasteiger partial charge in [-0.1, -0.05) is 12.1 Å². The van der Waals surface area contributed by atoms with Crippen molar-refractivity contribution in [1.82, 2.24) is 15.5 Å². The normalized spacial score (nSPS) is 12.4. The number of ether oxygens (including phenoxy) is 1. The number of nitrogens with zero attached hydrogens (tertiary/aromatic N) is 2. The van der Waals surface area contributed by atoms with Gasteiger partial charge in [-0.05, 0) is 59.0 Å². The third-order valence-electron chi connectivity index (χ3n) is 4.04. The molecule has 0 saturated carbocycles. The summed E-state index contributed by atoms with van der Waals surface area (Å²) in [4.78, 5) is 6.89. The lowest BCUT2D eigenvalue weighted by atomic mass is 10.1. The van der Waals surface area contributed by atoms with Crippen molar-refractivity contribution in [2.75, 3.05) is 40.8 Å². The van der Waals surface area contributed by atoms with Gasteiger partial charge in [-0.2, -0.15) is 0 Å². The van der Waals surface area contributed by atoms with Crippen LogP contribution in [0, 0.1) is 0 Å². The number of hydrogen-bond acceptors (Lipinski definition) is 3. The Labute approximate surface area is 141 Å². The lowest BCUT2D eigenvalue weighted by Gasteiger charge is -2.31. The topological polar surface area (TPSA) is 48.9 Å². The second kappa shape index (κ2) is 9.40. The van der Waals surface area contributed by atoms with E-state index < -0.39 is 0 Å². The summed E-state index contributed by atoms with van der Waals surface area (Å²) in [7, 11) is 5.85. The van der Waals surface area contributed by atoms with Gasteiger partial charge >= 0.3 is 0 Å². The fourth-order valence-corrected chi connectivity index (χ4v) is 1.87. The summed E-state index contributed by atoms with van der Waals surface area (Å²) in [5.41, 5.74) is 1.32. The molecule has 0 aliphatic carbocycles. The molecule has 5 heteroatoms. The molecule has 5 nitrogen and oxygen atoms in total. The predicted octanol–water partition coefficient (Wildman–Crippen LogP) is 2.13. The molecular weight excluding hydrogens is 288 g/mol. The van der Waals surface area contributed by atoms with Crippen LogP contribution in [-0.4, -0.2) is 57.2 Å². The maximum atomic E-state index is 5.18. The minimum absolute atomic E-state index is 0.0400. The summed E-state index contributed by atoms with van der Waals surface area (Å²) in [6.45, 7) is 8.92. The lowest BCUT2D eigenvalue weighted by Crippen LogP contribution is -2.44. The van der Waals surface area contributed by atoms with E-state index in [4.69, 9.17) is 9.73 Å². The van der Waals surface area contributed by atoms with E-state index in [1.165, 1.54) is 5.56 Å². The third-order valence-corrected chi connectivity index (χ3v) is 4.04. The Balaban J connectivity index is 2.52. The van der Waals surface area contributed by atoms with Crippen LogP contribution in [0.2, 0.25) is 0 Å². The Kier molecular flexibility index (Phi) is 7.89. The van der Waals surface area contributed by atoms with Gasteiger partial charge in [0.1, 0.15) is 5.75 Å². The van der Waals surface area contributed by atoms with Gasteiger partial charge in [-0.25, -0.2) is 0 Å². The van der Waals surface area contributed by atoms with Crippen molar-refractivity contribution in [3.63, 3.8) is 0 Å². The zero-order valence-corrected chi connectivity index (χ0v) is 15.4. The van der Waals surface area contributed by atoms with Crippen molar-refractivity contribution in [2.24, 2.45) is 4.99 Å². The summed E-state index contributed by atoms with van der Waals surface area (Å²) < 4.78 is 5.18. The van der Waals surface area contributed by atoms with Crippen molar-refractivity contribution in [3.05, 3.63) is 29.8 Å². The van der Waals surface area contributed by atoms with E-state index in [0.717, 1.165) is 37.8 Å². The van der Waals surface area contributed by atoms with Crippen LogP contribution in [0.4, 0.5) is 0 Å². The number of nitrogens with one attached hydrogen (secondary N) is 2. The van der Waals surface area contributed by atoms with E-state index in [0.29, 0.717) is 0 Å². The molecule has 0 atom stereocenters. The number of methoxy groups -OCH3 is 1. The third kappa shape index (κ3) is 6.91. The quantitative estimate of drug-likeness (QED) is 0.569. The van der Waals surface area contributed by atoms with Crippen LogP contribution in [0.3, 0.4) is 0 Å². The zero-order valence-electron chi connectivity index (χ0n) is 15.4. The first-order valence-corrected chi connectivity index (χ1v) is 8.21. The molecule has 0 saturated heterocycles. The van der Waals surface area contributed by atoms with Crippen LogP contribution in [0.5, 0.6) is 5.75 Å². The number of benzene rings is 1. The highest BCUT2D eigenvalue weighted by molar-refractivity contribution is 5.79. The highest BCUT2D eigenvalue weighted by Crippen LogP contribution is 2.11. The highest BCUT2D eigenvalue weighted by Gasteiger charge is 2.19. The van der Waals surface area contributed by atoms with Crippen LogP contribution in [-0.2, 0) is 6.42 Å². The Morgan fingerprint density at radius 1 is 1.17 bits per heavy atom. The standard InChI is InChI=1S/C18H32N4O/c1-7-19-17(21-14-18(2,3)22(4)5)20-13-12-15-8-10-16(23-6)11-9-15/h8-11H,7,12-14H2,1-6H3,(H2,19,20,21). The number of guanidine groups is 1. The second-order valence-electron chi connectivity index (χ2n) is 6.43. The molecule has 1 rings (SSSR count). The predicted molar refractivity (Wildman–Crippen MR) is 98.4 cm³/mol. The van der Waals surface area contributed by atoms with Gasteiger partial charge in [0.05, 0.1) is 13.7 Å². The second-order valence-corrected chi connectivity index (χ2v) is 6.43. The summed E-state index contributed by atoms with van der Waals surface area (Å²) >= 11 is 0. The molecule has 1 aromatic rings. The smallest absolute Gasteiger partial charge is 0.191 e. The molecular formula is C18H32N4O. The van der Waals surface area contributed by atoms with Gasteiger partial charge in [-0.3, -0.25) is 4.99 Å². The molecule has 23 heavy (non-hydrogen) atoms. The fourth-order valence-electron chi connectivity index (χ4n) is 1.87. The molecule has 0 aliphatic heterocycles. The van der Waals surface area contributed by atoms with E-state index in [1.807, 2.05) is 12.1 Å². The number of aliphatic imine (C=N–C) groups is 1. The van der Waals surface area contributed by atoms with Gasteiger partial charge in [0.15, 0.2) is 5.96 Å². The maximum absolute atomic E-state index is 5.18. The molecule has 0 radical (unpaired) electrons. The van der Waals surface area contributed by atoms with E-state index >= 15 is 0 Å². The van der Waals surface area contributed by atoms with Crippen LogP contribution < -0.4 is 15.4 Å². The number of rotatable bonds is 8. The summed E-state index contributed by atoms with van der Waals surface area (Å²) in [6.07, 6.45) is 0.950. The average molecular weight is 320 g/mol. The summed E-state index contributed by atoms with van der Waals surface area (Å²) in [5.74, 6) is 1.76. The van der Waals surface area contributed by atoms with Crippen LogP contribution in [0.25, 0.3) is 0 Å². The molecule has 0 bridgehead atoms. The monoisotopic (exact) mass is 320 g/mol. The fraction of sp³-hybridized carbons (Fsp3) is 0.611. The van der Waals surface area contributed by atoms with Crippen molar-refractivity contribution < 1.29 is 4.74 Å². The van der Waals surface area contributed by atoms with Gasteiger partial charge in [-0.15, -0.1) is 0 Å². The number of hydrogen-bond donors (Lipinski definition) is 2. The Bertz CT molecular complexity index is 480. The molecule has 0 unspecified atom stereocenters. The molecule has 0 spiro atoms. The first-order chi connectivity index (χ1) is 10.9. The molecule has 1 aromatic carbocycles. The first kappa shape index (κ1) is 19.3. The van der Waals surface area contributed by atoms with E-state index in [9.17, 15) is 0 Å². The SMILES string of the molecule is CCNC(=NCC(C)(C)N(C)C)NCCc1ccc(OC)cc1. The molecule has 0 fully saturated rings. The van der Waals surface area contributed by atoms with Gasteiger partial charge in [0, 0.05) is 18.6 Å². The first-order valence-electron chi connectivity index (χ1n) is 8.21. The van der Waals surface area contributed by atoms with Crippen molar-refractivity contribution >= 4 is 5.96 Å². The van der Waals surface area contributed by atoms with Gasteiger partial charge < -0.3 is 20.3 Å². The summed E-state index contributed by atoms with van der Waals surface area (Å²) in [5, 5.41) is 6.70. The minimum atomic E-state index is 0.0400. The van der Waals surface area contributed by atoms with Crippen LogP contribution >= 0.6 is 0 Å². The number of likely N-dealkylation sites (N-methyl/N-ethyl adjacent to an activating group) is 1. The van der Waals surface area contributed by atoms with E-state index in [1.54, 1.807) is 7.11 Å². The molecule has 130 valence electrons. The minimum Gasteiger partial charge on any atom is -0.497 e. The molecule has 2 N–H and O–H groups in total. The maximum Gasteiger partial charge on any atom is 0.191 e. The van der Waals surface area contributed by atoms with Crippen molar-refractivity contribution in [2.45, 2.75) is 32.7 Å². The molecule has 0 amide bonds. The largest absolute Gasteiger partial charge is 0.497 e. The van der Waals surface area contributed by atoms with E-state index in [-0.39, 0.29) is 5.54 Å². The lowest BCUT2D eigenvalue weighted by molar-refractivity contribution is 0.204. The Morgan fingerprint density at radius 3 is 2.35 bits per heavy atom. The molecule has 0 aromatic heterocycles. The average Bonchev–Trinajstić information content (AvgIpc) is 2.53. The van der Waals surface area contributed by atoms with Crippen molar-refractivity contribution in [3.8, 4) is 5.75 Å².